The lowest BCUT2D eigenvalue weighted by atomic mass is 10.3. The largest absolute Gasteiger partial charge is 0.481 e. The lowest BCUT2D eigenvalue weighted by Crippen LogP contribution is -2.00. The number of aliphatic carboxylic acids is 2. The Morgan fingerprint density at radius 2 is 1.43 bits per heavy atom. The fourth-order valence-electron chi connectivity index (χ4n) is 0.470. The molecule has 0 saturated heterocycles. The molecule has 0 aliphatic rings. The normalized spacial score (nSPS) is 8.71. The average molecular weight is 207 g/mol. The van der Waals surface area contributed by atoms with Crippen LogP contribution in [0.15, 0.2) is 0 Å². The molecule has 0 aromatic heterocycles. The molecule has 0 spiro atoms. The number of unbranched alkanes of at least 4 members (excludes halogenated alkanes) is 1. The second kappa shape index (κ2) is 11.9. The molecule has 84 valence electrons. The third-order valence-electron chi connectivity index (χ3n) is 1.16. The highest BCUT2D eigenvalue weighted by atomic mass is 16.4. The van der Waals surface area contributed by atoms with Gasteiger partial charge in [0.2, 0.25) is 0 Å². The van der Waals surface area contributed by atoms with Crippen molar-refractivity contribution in [3.63, 3.8) is 0 Å². The van der Waals surface area contributed by atoms with E-state index in [0.29, 0.717) is 6.54 Å². The van der Waals surface area contributed by atoms with Crippen molar-refractivity contribution in [1.82, 2.24) is 0 Å². The van der Waals surface area contributed by atoms with Crippen molar-refractivity contribution in [3.05, 3.63) is 0 Å². The third-order valence-corrected chi connectivity index (χ3v) is 1.16. The monoisotopic (exact) mass is 207 g/mol. The molecule has 0 aromatic rings. The number of hydrogen-bond acceptors (Lipinski definition) is 4. The number of aliphatic hydroxyl groups is 1. The molecule has 0 radical (unpaired) electrons. The van der Waals surface area contributed by atoms with E-state index in [1.165, 1.54) is 0 Å². The van der Waals surface area contributed by atoms with Gasteiger partial charge in [-0.25, -0.2) is 0 Å². The quantitative estimate of drug-likeness (QED) is 0.442. The van der Waals surface area contributed by atoms with E-state index in [9.17, 15) is 9.59 Å². The van der Waals surface area contributed by atoms with E-state index in [1.54, 1.807) is 0 Å². The van der Waals surface area contributed by atoms with Gasteiger partial charge in [0.05, 0.1) is 12.8 Å². The summed E-state index contributed by atoms with van der Waals surface area (Å²) in [6.45, 7) is 0.970. The van der Waals surface area contributed by atoms with Crippen molar-refractivity contribution >= 4 is 11.9 Å². The number of hydrogen-bond donors (Lipinski definition) is 4. The molecular formula is C8H17NO5. The molecule has 6 heteroatoms. The predicted octanol–water partition coefficient (Wildman–Crippen LogP) is -0.347. The molecular weight excluding hydrogens is 190 g/mol. The van der Waals surface area contributed by atoms with Crippen molar-refractivity contribution in [2.24, 2.45) is 5.73 Å². The minimum atomic E-state index is -1.08. The van der Waals surface area contributed by atoms with Crippen LogP contribution in [-0.2, 0) is 9.59 Å². The third kappa shape index (κ3) is 22.4. The Balaban J connectivity index is 0. The summed E-state index contributed by atoms with van der Waals surface area (Å²) < 4.78 is 0. The summed E-state index contributed by atoms with van der Waals surface area (Å²) in [6, 6.07) is 0. The van der Waals surface area contributed by atoms with Crippen molar-refractivity contribution in [1.29, 1.82) is 0 Å². The van der Waals surface area contributed by atoms with E-state index in [0.717, 1.165) is 12.8 Å². The first-order valence-electron chi connectivity index (χ1n) is 4.29. The van der Waals surface area contributed by atoms with Gasteiger partial charge >= 0.3 is 11.9 Å². The molecule has 0 amide bonds. The van der Waals surface area contributed by atoms with Gasteiger partial charge in [0, 0.05) is 6.61 Å². The minimum Gasteiger partial charge on any atom is -0.481 e. The molecule has 0 rings (SSSR count). The van der Waals surface area contributed by atoms with Crippen LogP contribution in [-0.4, -0.2) is 40.4 Å². The molecule has 0 heterocycles. The Bertz CT molecular complexity index is 142. The maximum absolute atomic E-state index is 9.64. The molecule has 6 nitrogen and oxygen atoms in total. The fourth-order valence-corrected chi connectivity index (χ4v) is 0.470. The molecule has 0 atom stereocenters. The molecule has 0 aliphatic carbocycles. The first kappa shape index (κ1) is 15.3. The molecule has 14 heavy (non-hydrogen) atoms. The molecule has 0 saturated carbocycles. The first-order chi connectivity index (χ1) is 6.54. The maximum Gasteiger partial charge on any atom is 0.303 e. The number of rotatable bonds is 6. The van der Waals surface area contributed by atoms with E-state index >= 15 is 0 Å². The SMILES string of the molecule is NCCCCO.O=C(O)CCC(=O)O. The van der Waals surface area contributed by atoms with Gasteiger partial charge in [-0.1, -0.05) is 0 Å². The van der Waals surface area contributed by atoms with Crippen LogP contribution in [0.5, 0.6) is 0 Å². The number of carboxylic acids is 2. The Kier molecular flexibility index (Phi) is 13.0. The van der Waals surface area contributed by atoms with Crippen molar-refractivity contribution in [2.45, 2.75) is 25.7 Å². The Hall–Kier alpha value is -1.14. The van der Waals surface area contributed by atoms with Crippen LogP contribution in [0.4, 0.5) is 0 Å². The molecule has 0 fully saturated rings. The molecule has 0 aromatic carbocycles. The Morgan fingerprint density at radius 3 is 1.57 bits per heavy atom. The first-order valence-corrected chi connectivity index (χ1v) is 4.29. The van der Waals surface area contributed by atoms with Gasteiger partial charge in [-0.3, -0.25) is 9.59 Å². The summed E-state index contributed by atoms with van der Waals surface area (Å²) in [5, 5.41) is 23.9. The minimum absolute atomic E-state index is 0.275. The van der Waals surface area contributed by atoms with Gasteiger partial charge in [-0.05, 0) is 19.4 Å². The van der Waals surface area contributed by atoms with E-state index in [2.05, 4.69) is 0 Å². The number of nitrogens with two attached hydrogens (primary N) is 1. The van der Waals surface area contributed by atoms with Gasteiger partial charge in [0.1, 0.15) is 0 Å². The smallest absolute Gasteiger partial charge is 0.303 e. The van der Waals surface area contributed by atoms with Gasteiger partial charge < -0.3 is 21.1 Å². The van der Waals surface area contributed by atoms with E-state index in [-0.39, 0.29) is 19.4 Å². The van der Waals surface area contributed by atoms with E-state index in [1.807, 2.05) is 0 Å². The van der Waals surface area contributed by atoms with Gasteiger partial charge in [0.25, 0.3) is 0 Å². The Labute approximate surface area is 82.3 Å². The summed E-state index contributed by atoms with van der Waals surface area (Å²) in [5.41, 5.74) is 5.10. The zero-order valence-corrected chi connectivity index (χ0v) is 7.98. The maximum atomic E-state index is 9.64. The highest BCUT2D eigenvalue weighted by molar-refractivity contribution is 5.75. The fraction of sp³-hybridized carbons (Fsp3) is 0.750. The molecule has 0 aliphatic heterocycles. The molecule has 0 unspecified atom stereocenters. The van der Waals surface area contributed by atoms with Crippen molar-refractivity contribution in [3.8, 4) is 0 Å². The second-order valence-electron chi connectivity index (χ2n) is 2.51. The average Bonchev–Trinajstić information content (AvgIpc) is 2.12. The van der Waals surface area contributed by atoms with E-state index < -0.39 is 11.9 Å². The highest BCUT2D eigenvalue weighted by Gasteiger charge is 2.00. The second-order valence-corrected chi connectivity index (χ2v) is 2.51. The van der Waals surface area contributed by atoms with Gasteiger partial charge in [-0.15, -0.1) is 0 Å². The Morgan fingerprint density at radius 1 is 1.00 bits per heavy atom. The standard InChI is InChI=1S/C4H11NO.C4H6O4/c5-3-1-2-4-6;5-3(6)1-2-4(7)8/h6H,1-5H2;1-2H2,(H,5,6)(H,7,8). The molecule has 5 N–H and O–H groups in total. The number of carbonyl (C=O) groups is 2. The van der Waals surface area contributed by atoms with Crippen LogP contribution < -0.4 is 5.73 Å². The summed E-state index contributed by atoms with van der Waals surface area (Å²) >= 11 is 0. The van der Waals surface area contributed by atoms with Crippen molar-refractivity contribution < 1.29 is 24.9 Å². The summed E-state index contributed by atoms with van der Waals surface area (Å²) in [7, 11) is 0. The molecule has 0 bridgehead atoms. The van der Waals surface area contributed by atoms with Crippen LogP contribution >= 0.6 is 0 Å². The summed E-state index contributed by atoms with van der Waals surface area (Å²) in [4.78, 5) is 19.3. The summed E-state index contributed by atoms with van der Waals surface area (Å²) in [5.74, 6) is -2.15. The number of carboxylic acid groups (broad SMARTS) is 2. The number of aliphatic hydroxyl groups excluding tert-OH is 1. The van der Waals surface area contributed by atoms with Crippen LogP contribution in [0, 0.1) is 0 Å². The van der Waals surface area contributed by atoms with Crippen molar-refractivity contribution in [2.75, 3.05) is 13.2 Å². The van der Waals surface area contributed by atoms with Gasteiger partial charge in [-0.2, -0.15) is 0 Å². The summed E-state index contributed by atoms with van der Waals surface area (Å²) in [6.07, 6.45) is 1.19. The lowest BCUT2D eigenvalue weighted by molar-refractivity contribution is -0.143. The zero-order valence-electron chi connectivity index (χ0n) is 7.98. The predicted molar refractivity (Wildman–Crippen MR) is 49.9 cm³/mol. The zero-order chi connectivity index (χ0) is 11.4. The van der Waals surface area contributed by atoms with Gasteiger partial charge in [0.15, 0.2) is 0 Å². The van der Waals surface area contributed by atoms with Crippen LogP contribution in [0.1, 0.15) is 25.7 Å². The van der Waals surface area contributed by atoms with Crippen LogP contribution in [0.2, 0.25) is 0 Å². The topological polar surface area (TPSA) is 121 Å². The van der Waals surface area contributed by atoms with E-state index in [4.69, 9.17) is 21.1 Å². The highest BCUT2D eigenvalue weighted by Crippen LogP contribution is 1.86. The van der Waals surface area contributed by atoms with Crippen LogP contribution in [0.25, 0.3) is 0 Å². The lowest BCUT2D eigenvalue weighted by Gasteiger charge is -1.86. The van der Waals surface area contributed by atoms with Crippen LogP contribution in [0.3, 0.4) is 0 Å².